The summed E-state index contributed by atoms with van der Waals surface area (Å²) in [6.07, 6.45) is 1.52. The number of halogens is 2. The maximum atomic E-state index is 13.3. The maximum Gasteiger partial charge on any atom is 0.270 e. The van der Waals surface area contributed by atoms with Crippen molar-refractivity contribution in [3.63, 3.8) is 0 Å². The Morgan fingerprint density at radius 3 is 2.56 bits per heavy atom. The van der Waals surface area contributed by atoms with E-state index in [1.165, 1.54) is 11.0 Å². The third kappa shape index (κ3) is 5.31. The summed E-state index contributed by atoms with van der Waals surface area (Å²) in [7, 11) is 1.55. The Morgan fingerprint density at radius 1 is 1.09 bits per heavy atom. The van der Waals surface area contributed by atoms with Crippen LogP contribution in [0.2, 0.25) is 0 Å². The van der Waals surface area contributed by atoms with Crippen molar-refractivity contribution < 1.29 is 19.1 Å². The summed E-state index contributed by atoms with van der Waals surface area (Å²) in [5.41, 5.74) is 2.16. The number of ether oxygens (including phenoxy) is 2. The van der Waals surface area contributed by atoms with Gasteiger partial charge in [-0.2, -0.15) is 0 Å². The predicted molar refractivity (Wildman–Crippen MR) is 147 cm³/mol. The van der Waals surface area contributed by atoms with Crippen LogP contribution in [-0.4, -0.2) is 24.0 Å². The average Bonchev–Trinajstić information content (AvgIpc) is 2.81. The number of hydrogen-bond acceptors (Lipinski definition) is 5. The highest BCUT2D eigenvalue weighted by Crippen LogP contribution is 2.35. The molecule has 2 amide bonds. The van der Waals surface area contributed by atoms with E-state index in [4.69, 9.17) is 21.7 Å². The van der Waals surface area contributed by atoms with E-state index in [2.05, 4.69) is 43.8 Å². The van der Waals surface area contributed by atoms with Gasteiger partial charge in [-0.05, 0) is 82.3 Å². The molecule has 1 N–H and O–H groups in total. The first-order valence-corrected chi connectivity index (χ1v) is 12.4. The summed E-state index contributed by atoms with van der Waals surface area (Å²) in [5, 5.41) is 2.63. The molecule has 3 aromatic carbocycles. The molecule has 0 radical (unpaired) electrons. The molecule has 172 valence electrons. The minimum atomic E-state index is -0.556. The first kappa shape index (κ1) is 24.4. The topological polar surface area (TPSA) is 67.9 Å². The molecule has 9 heteroatoms. The fourth-order valence-corrected chi connectivity index (χ4v) is 4.82. The van der Waals surface area contributed by atoms with Gasteiger partial charge in [-0.25, -0.2) is 0 Å². The zero-order valence-electron chi connectivity index (χ0n) is 17.9. The lowest BCUT2D eigenvalue weighted by molar-refractivity contribution is -0.122. The summed E-state index contributed by atoms with van der Waals surface area (Å²) in [6, 6.07) is 20.5. The molecule has 1 aliphatic heterocycles. The minimum Gasteiger partial charge on any atom is -0.493 e. The zero-order valence-corrected chi connectivity index (χ0v) is 22.4. The number of anilines is 1. The summed E-state index contributed by atoms with van der Waals surface area (Å²) in [5.74, 6) is 0.0213. The molecule has 6 nitrogen and oxygen atoms in total. The number of nitrogens with zero attached hydrogens (tertiary/aromatic N) is 1. The Kier molecular flexibility index (Phi) is 7.64. The van der Waals surface area contributed by atoms with Gasteiger partial charge in [0.05, 0.1) is 16.4 Å². The number of hydrogen-bond donors (Lipinski definition) is 1. The molecular weight excluding hydrogens is 631 g/mol. The molecule has 0 unspecified atom stereocenters. The molecule has 3 aromatic rings. The van der Waals surface area contributed by atoms with Crippen LogP contribution in [0.5, 0.6) is 11.5 Å². The molecule has 34 heavy (non-hydrogen) atoms. The fraction of sp³-hybridized carbons (Fsp3) is 0.0800. The number of methoxy groups -OCH3 is 1. The second-order valence-electron chi connectivity index (χ2n) is 7.25. The van der Waals surface area contributed by atoms with Crippen molar-refractivity contribution in [2.75, 3.05) is 12.0 Å². The van der Waals surface area contributed by atoms with Crippen molar-refractivity contribution in [3.05, 3.63) is 91.5 Å². The summed E-state index contributed by atoms with van der Waals surface area (Å²) in [4.78, 5) is 27.2. The van der Waals surface area contributed by atoms with Crippen LogP contribution < -0.4 is 19.7 Å². The van der Waals surface area contributed by atoms with Crippen LogP contribution in [0.4, 0.5) is 5.69 Å². The predicted octanol–water partition coefficient (Wildman–Crippen LogP) is 5.47. The normalized spacial score (nSPS) is 14.9. The van der Waals surface area contributed by atoms with E-state index < -0.39 is 11.8 Å². The second kappa shape index (κ2) is 10.7. The third-order valence-corrected chi connectivity index (χ3v) is 6.54. The molecule has 0 saturated carbocycles. The van der Waals surface area contributed by atoms with E-state index in [0.29, 0.717) is 29.4 Å². The van der Waals surface area contributed by atoms with Gasteiger partial charge in [0.15, 0.2) is 16.6 Å². The van der Waals surface area contributed by atoms with Gasteiger partial charge in [0.2, 0.25) is 0 Å². The molecule has 0 aromatic heterocycles. The van der Waals surface area contributed by atoms with Crippen molar-refractivity contribution in [3.8, 4) is 11.5 Å². The minimum absolute atomic E-state index is 0.0297. The monoisotopic (exact) mass is 648 g/mol. The van der Waals surface area contributed by atoms with E-state index in [1.807, 2.05) is 42.5 Å². The van der Waals surface area contributed by atoms with Gasteiger partial charge in [0.25, 0.3) is 11.8 Å². The zero-order chi connectivity index (χ0) is 24.2. The van der Waals surface area contributed by atoms with Gasteiger partial charge in [-0.3, -0.25) is 19.8 Å². The van der Waals surface area contributed by atoms with Gasteiger partial charge in [-0.1, -0.05) is 52.3 Å². The van der Waals surface area contributed by atoms with Crippen LogP contribution in [0.25, 0.3) is 6.08 Å². The molecule has 0 atom stereocenters. The molecule has 0 bridgehead atoms. The van der Waals surface area contributed by atoms with E-state index >= 15 is 0 Å². The molecule has 0 spiro atoms. The van der Waals surface area contributed by atoms with E-state index in [0.717, 1.165) is 13.6 Å². The molecule has 1 heterocycles. The number of benzene rings is 3. The second-order valence-corrected chi connectivity index (χ2v) is 9.71. The highest BCUT2D eigenvalue weighted by molar-refractivity contribution is 14.1. The van der Waals surface area contributed by atoms with E-state index in [-0.39, 0.29) is 10.7 Å². The molecule has 1 saturated heterocycles. The van der Waals surface area contributed by atoms with Crippen molar-refractivity contribution in [1.29, 1.82) is 0 Å². The standard InChI is InChI=1S/C25H18BrIN2O4S/c1-32-21-12-16(11-20(27)22(21)33-14-15-6-3-2-4-7-15)10-19-23(30)28-25(34)29(24(19)31)18-9-5-8-17(26)13-18/h2-13H,14H2,1H3,(H,28,30,34)/b19-10+. The van der Waals surface area contributed by atoms with Crippen LogP contribution >= 0.6 is 50.7 Å². The average molecular weight is 649 g/mol. The van der Waals surface area contributed by atoms with Crippen molar-refractivity contribution in [2.24, 2.45) is 0 Å². The molecule has 0 aliphatic carbocycles. The van der Waals surface area contributed by atoms with Crippen LogP contribution in [0.1, 0.15) is 11.1 Å². The number of nitrogens with one attached hydrogen (secondary N) is 1. The molecule has 4 rings (SSSR count). The summed E-state index contributed by atoms with van der Waals surface area (Å²) in [6.45, 7) is 0.383. The molecule has 1 fully saturated rings. The lowest BCUT2D eigenvalue weighted by atomic mass is 10.1. The van der Waals surface area contributed by atoms with Crippen molar-refractivity contribution in [1.82, 2.24) is 5.32 Å². The van der Waals surface area contributed by atoms with Crippen LogP contribution in [0.3, 0.4) is 0 Å². The quantitative estimate of drug-likeness (QED) is 0.166. The van der Waals surface area contributed by atoms with Crippen LogP contribution in [-0.2, 0) is 16.2 Å². The van der Waals surface area contributed by atoms with Crippen molar-refractivity contribution >= 4 is 79.4 Å². The lowest BCUT2D eigenvalue weighted by Gasteiger charge is -2.29. The summed E-state index contributed by atoms with van der Waals surface area (Å²) < 4.78 is 13.1. The number of rotatable bonds is 6. The molecule has 1 aliphatic rings. The Balaban J connectivity index is 1.65. The third-order valence-electron chi connectivity index (χ3n) is 4.96. The van der Waals surface area contributed by atoms with Gasteiger partial charge >= 0.3 is 0 Å². The van der Waals surface area contributed by atoms with E-state index in [1.54, 1.807) is 31.4 Å². The Morgan fingerprint density at radius 2 is 1.85 bits per heavy atom. The SMILES string of the molecule is COc1cc(/C=C2\C(=O)NC(=S)N(c3cccc(Br)c3)C2=O)cc(I)c1OCc1ccccc1. The lowest BCUT2D eigenvalue weighted by Crippen LogP contribution is -2.54. The largest absolute Gasteiger partial charge is 0.493 e. The Labute approximate surface area is 224 Å². The number of amides is 2. The van der Waals surface area contributed by atoms with Gasteiger partial charge < -0.3 is 9.47 Å². The van der Waals surface area contributed by atoms with Gasteiger partial charge in [0.1, 0.15) is 12.2 Å². The Hall–Kier alpha value is -2.76. The highest BCUT2D eigenvalue weighted by atomic mass is 127. The Bertz CT molecular complexity index is 1310. The van der Waals surface area contributed by atoms with Gasteiger partial charge in [0, 0.05) is 4.47 Å². The smallest absolute Gasteiger partial charge is 0.270 e. The highest BCUT2D eigenvalue weighted by Gasteiger charge is 2.34. The molecular formula is C25H18BrIN2O4S. The number of carbonyl (C=O) groups is 2. The van der Waals surface area contributed by atoms with E-state index in [9.17, 15) is 9.59 Å². The first-order chi connectivity index (χ1) is 16.4. The van der Waals surface area contributed by atoms with Crippen LogP contribution in [0, 0.1) is 3.57 Å². The van der Waals surface area contributed by atoms with Crippen molar-refractivity contribution in [2.45, 2.75) is 6.61 Å². The summed E-state index contributed by atoms with van der Waals surface area (Å²) >= 11 is 10.8. The maximum absolute atomic E-state index is 13.3. The first-order valence-electron chi connectivity index (χ1n) is 10.1. The number of thiocarbonyl (C=S) groups is 1. The van der Waals surface area contributed by atoms with Gasteiger partial charge in [-0.15, -0.1) is 0 Å². The van der Waals surface area contributed by atoms with Crippen LogP contribution in [0.15, 0.2) is 76.8 Å². The number of carbonyl (C=O) groups excluding carboxylic acids is 2. The fourth-order valence-electron chi connectivity index (χ4n) is 3.37.